The summed E-state index contributed by atoms with van der Waals surface area (Å²) in [6.45, 7) is 9.47. The third-order valence-electron chi connectivity index (χ3n) is 12.7. The van der Waals surface area contributed by atoms with Crippen LogP contribution in [0.15, 0.2) is 176 Å². The molecule has 0 unspecified atom stereocenters. The van der Waals surface area contributed by atoms with Crippen LogP contribution in [0.25, 0.3) is 64.7 Å². The van der Waals surface area contributed by atoms with E-state index in [2.05, 4.69) is 209 Å². The lowest BCUT2D eigenvalue weighted by molar-refractivity contribution is 0.660. The monoisotopic (exact) mass is 735 g/mol. The minimum Gasteiger partial charge on any atom is -0.309 e. The van der Waals surface area contributed by atoms with Gasteiger partial charge in [0.1, 0.15) is 0 Å². The van der Waals surface area contributed by atoms with E-state index in [4.69, 9.17) is 0 Å². The lowest BCUT2D eigenvalue weighted by Gasteiger charge is -2.31. The molecule has 2 aliphatic carbocycles. The summed E-state index contributed by atoms with van der Waals surface area (Å²) >= 11 is 1.87. The molecule has 0 aliphatic heterocycles. The molecule has 1 heterocycles. The first-order chi connectivity index (χ1) is 27.3. The lowest BCUT2D eigenvalue weighted by atomic mass is 9.82. The highest BCUT2D eigenvalue weighted by atomic mass is 32.1. The third kappa shape index (κ3) is 4.72. The first-order valence-corrected chi connectivity index (χ1v) is 20.5. The normalized spacial score (nSPS) is 14.4. The van der Waals surface area contributed by atoms with Gasteiger partial charge in [0.25, 0.3) is 0 Å². The van der Waals surface area contributed by atoms with Gasteiger partial charge in [-0.2, -0.15) is 0 Å². The maximum atomic E-state index is 2.52. The summed E-state index contributed by atoms with van der Waals surface area (Å²) < 4.78 is 2.66. The van der Waals surface area contributed by atoms with Crippen LogP contribution < -0.4 is 4.90 Å². The first-order valence-electron chi connectivity index (χ1n) is 19.7. The van der Waals surface area contributed by atoms with Crippen LogP contribution in [-0.2, 0) is 10.8 Å². The zero-order valence-corrected chi connectivity index (χ0v) is 32.9. The summed E-state index contributed by atoms with van der Waals surface area (Å²) in [4.78, 5) is 2.52. The second-order valence-electron chi connectivity index (χ2n) is 16.5. The summed E-state index contributed by atoms with van der Waals surface area (Å²) in [5, 5.41) is 2.65. The molecule has 1 aromatic heterocycles. The second kappa shape index (κ2) is 12.1. The number of anilines is 3. The number of benzene rings is 8. The van der Waals surface area contributed by atoms with E-state index in [0.717, 1.165) is 11.4 Å². The van der Waals surface area contributed by atoms with Crippen LogP contribution in [0, 0.1) is 0 Å². The molecular formula is C54H41NS. The molecule has 0 amide bonds. The van der Waals surface area contributed by atoms with Gasteiger partial charge in [-0.05, 0) is 98.1 Å². The van der Waals surface area contributed by atoms with Gasteiger partial charge in [-0.1, -0.05) is 161 Å². The second-order valence-corrected chi connectivity index (χ2v) is 17.6. The fourth-order valence-electron chi connectivity index (χ4n) is 9.91. The van der Waals surface area contributed by atoms with Gasteiger partial charge in [-0.3, -0.25) is 0 Å². The zero-order chi connectivity index (χ0) is 37.8. The molecule has 0 atom stereocenters. The maximum Gasteiger partial charge on any atom is 0.0543 e. The van der Waals surface area contributed by atoms with Crippen molar-refractivity contribution in [3.8, 4) is 44.5 Å². The molecule has 9 aromatic rings. The maximum absolute atomic E-state index is 2.52. The van der Waals surface area contributed by atoms with E-state index >= 15 is 0 Å². The van der Waals surface area contributed by atoms with Crippen molar-refractivity contribution in [1.82, 2.24) is 0 Å². The van der Waals surface area contributed by atoms with E-state index in [0.29, 0.717) is 0 Å². The average Bonchev–Trinajstić information content (AvgIpc) is 3.81. The highest BCUT2D eigenvalue weighted by Gasteiger charge is 2.39. The quantitative estimate of drug-likeness (QED) is 0.170. The van der Waals surface area contributed by atoms with Crippen molar-refractivity contribution in [3.63, 3.8) is 0 Å². The molecule has 0 fully saturated rings. The topological polar surface area (TPSA) is 3.24 Å². The Morgan fingerprint density at radius 3 is 1.64 bits per heavy atom. The van der Waals surface area contributed by atoms with E-state index in [9.17, 15) is 0 Å². The number of rotatable bonds is 5. The Hall–Kier alpha value is -6.22. The van der Waals surface area contributed by atoms with Gasteiger partial charge in [-0.15, -0.1) is 11.3 Å². The Bertz CT molecular complexity index is 3030. The SMILES string of the molecule is CC1(C)c2ccccc2-c2c(-c3ccccc3N(c3ccc(-c4ccc5sc6ccccc6c5c4)cc3)c3cccc4c3-c3ccccc3C4(C)C)cccc21. The van der Waals surface area contributed by atoms with Crippen molar-refractivity contribution in [2.45, 2.75) is 38.5 Å². The third-order valence-corrected chi connectivity index (χ3v) is 13.9. The number of nitrogens with zero attached hydrogens (tertiary/aromatic N) is 1. The number of thiophene rings is 1. The van der Waals surface area contributed by atoms with Crippen molar-refractivity contribution in [2.24, 2.45) is 0 Å². The predicted octanol–water partition coefficient (Wildman–Crippen LogP) is 15.5. The minimum absolute atomic E-state index is 0.0831. The van der Waals surface area contributed by atoms with Crippen molar-refractivity contribution in [3.05, 3.63) is 198 Å². The molecule has 8 aromatic carbocycles. The van der Waals surface area contributed by atoms with E-state index in [1.54, 1.807) is 0 Å². The van der Waals surface area contributed by atoms with Crippen LogP contribution in [0.5, 0.6) is 0 Å². The van der Waals surface area contributed by atoms with Crippen LogP contribution >= 0.6 is 11.3 Å². The van der Waals surface area contributed by atoms with Gasteiger partial charge in [0, 0.05) is 47.8 Å². The van der Waals surface area contributed by atoms with Gasteiger partial charge < -0.3 is 4.90 Å². The number of fused-ring (bicyclic) bond motifs is 9. The highest BCUT2D eigenvalue weighted by molar-refractivity contribution is 7.25. The number of hydrogen-bond donors (Lipinski definition) is 0. The molecule has 0 bridgehead atoms. The van der Waals surface area contributed by atoms with E-state index in [-0.39, 0.29) is 10.8 Å². The first kappa shape index (κ1) is 33.1. The fraction of sp³-hybridized carbons (Fsp3) is 0.111. The fourth-order valence-corrected chi connectivity index (χ4v) is 11.0. The average molecular weight is 736 g/mol. The van der Waals surface area contributed by atoms with Crippen molar-refractivity contribution < 1.29 is 0 Å². The largest absolute Gasteiger partial charge is 0.309 e. The molecule has 268 valence electrons. The van der Waals surface area contributed by atoms with Crippen LogP contribution in [0.2, 0.25) is 0 Å². The Morgan fingerprint density at radius 2 is 0.893 bits per heavy atom. The van der Waals surface area contributed by atoms with Gasteiger partial charge in [-0.25, -0.2) is 0 Å². The summed E-state index contributed by atoms with van der Waals surface area (Å²) in [6, 6.07) is 65.8. The number of hydrogen-bond acceptors (Lipinski definition) is 2. The molecule has 2 aliphatic rings. The van der Waals surface area contributed by atoms with Gasteiger partial charge in [0.2, 0.25) is 0 Å². The molecule has 0 saturated heterocycles. The molecule has 0 radical (unpaired) electrons. The summed E-state index contributed by atoms with van der Waals surface area (Å²) in [5.74, 6) is 0. The minimum atomic E-state index is -0.114. The summed E-state index contributed by atoms with van der Waals surface area (Å²) in [7, 11) is 0. The molecule has 0 spiro atoms. The van der Waals surface area contributed by atoms with Crippen LogP contribution in [0.3, 0.4) is 0 Å². The van der Waals surface area contributed by atoms with Crippen molar-refractivity contribution in [1.29, 1.82) is 0 Å². The zero-order valence-electron chi connectivity index (χ0n) is 32.1. The van der Waals surface area contributed by atoms with Crippen molar-refractivity contribution >= 4 is 48.6 Å². The lowest BCUT2D eigenvalue weighted by Crippen LogP contribution is -2.16. The predicted molar refractivity (Wildman–Crippen MR) is 240 cm³/mol. The van der Waals surface area contributed by atoms with Crippen molar-refractivity contribution in [2.75, 3.05) is 4.90 Å². The van der Waals surface area contributed by atoms with E-state index in [1.807, 2.05) is 11.3 Å². The Labute approximate surface area is 333 Å². The van der Waals surface area contributed by atoms with Crippen LogP contribution in [-0.4, -0.2) is 0 Å². The summed E-state index contributed by atoms with van der Waals surface area (Å²) in [5.41, 5.74) is 19.0. The Kier molecular flexibility index (Phi) is 7.18. The molecule has 2 heteroatoms. The molecule has 11 rings (SSSR count). The van der Waals surface area contributed by atoms with Gasteiger partial charge in [0.15, 0.2) is 0 Å². The Morgan fingerprint density at radius 1 is 0.375 bits per heavy atom. The van der Waals surface area contributed by atoms with E-state index < -0.39 is 0 Å². The van der Waals surface area contributed by atoms with E-state index in [1.165, 1.54) is 92.6 Å². The van der Waals surface area contributed by atoms with Gasteiger partial charge in [0.05, 0.1) is 11.4 Å². The highest BCUT2D eigenvalue weighted by Crippen LogP contribution is 2.57. The summed E-state index contributed by atoms with van der Waals surface area (Å²) in [6.07, 6.45) is 0. The molecule has 0 saturated carbocycles. The molecule has 56 heavy (non-hydrogen) atoms. The van der Waals surface area contributed by atoms with Crippen LogP contribution in [0.4, 0.5) is 17.1 Å². The molecule has 0 N–H and O–H groups in total. The number of para-hydroxylation sites is 1. The van der Waals surface area contributed by atoms with Crippen LogP contribution in [0.1, 0.15) is 49.9 Å². The Balaban J connectivity index is 1.13. The molecular weight excluding hydrogens is 695 g/mol. The van der Waals surface area contributed by atoms with Gasteiger partial charge >= 0.3 is 0 Å². The standard InChI is InChI=1S/C54H41NS/c1-53(2)43-20-9-5-17-40(43)51-39(19-13-22-45(51)53)37-15-7-11-24-47(37)55(48-25-14-23-46-52(48)41-18-6-10-21-44(41)54(46,3)4)36-30-27-34(28-31-36)35-29-32-50-42(33-35)38-16-8-12-26-49(38)56-50/h5-33H,1-4H3. The smallest absolute Gasteiger partial charge is 0.0543 e. The molecule has 1 nitrogen and oxygen atoms in total.